The molecule has 4 heterocycles. The number of benzene rings is 2. The van der Waals surface area contributed by atoms with Gasteiger partial charge in [-0.25, -0.2) is 8.42 Å². The van der Waals surface area contributed by atoms with E-state index in [0.29, 0.717) is 27.3 Å². The lowest BCUT2D eigenvalue weighted by molar-refractivity contribution is 0.503. The van der Waals surface area contributed by atoms with E-state index >= 15 is 0 Å². The highest BCUT2D eigenvalue weighted by Gasteiger charge is 2.36. The molecule has 1 N–H and O–H groups in total. The van der Waals surface area contributed by atoms with Crippen LogP contribution >= 0.6 is 0 Å². The van der Waals surface area contributed by atoms with Gasteiger partial charge in [-0.3, -0.25) is 4.98 Å². The van der Waals surface area contributed by atoms with Crippen molar-refractivity contribution >= 4 is 31.5 Å². The highest BCUT2D eigenvalue weighted by atomic mass is 32.2. The Kier molecular flexibility index (Phi) is 3.50. The van der Waals surface area contributed by atoms with Crippen LogP contribution < -0.4 is 5.32 Å². The van der Waals surface area contributed by atoms with E-state index in [1.165, 1.54) is 17.7 Å². The zero-order valence-corrected chi connectivity index (χ0v) is 16.9. The molecule has 2 aromatic carbocycles. The summed E-state index contributed by atoms with van der Waals surface area (Å²) >= 11 is 0. The Bertz CT molecular complexity index is 1400. The molecular weight excluding hydrogens is 382 g/mol. The number of sulfone groups is 1. The average Bonchev–Trinajstić information content (AvgIpc) is 3.26. The van der Waals surface area contributed by atoms with Gasteiger partial charge in [0.2, 0.25) is 9.84 Å². The molecule has 0 aliphatic carbocycles. The van der Waals surface area contributed by atoms with Gasteiger partial charge in [0.1, 0.15) is 0 Å². The molecule has 146 valence electrons. The summed E-state index contributed by atoms with van der Waals surface area (Å²) in [6, 6.07) is 13.7. The molecule has 0 saturated carbocycles. The van der Waals surface area contributed by atoms with Crippen molar-refractivity contribution in [1.29, 1.82) is 0 Å². The molecule has 29 heavy (non-hydrogen) atoms. The second kappa shape index (κ2) is 5.90. The minimum absolute atomic E-state index is 0.311. The molecule has 1 saturated heterocycles. The van der Waals surface area contributed by atoms with Crippen LogP contribution in [0.3, 0.4) is 0 Å². The summed E-state index contributed by atoms with van der Waals surface area (Å²) in [6.45, 7) is 0. The van der Waals surface area contributed by atoms with Crippen molar-refractivity contribution in [2.24, 2.45) is 7.05 Å². The lowest BCUT2D eigenvalue weighted by Crippen LogP contribution is -2.32. The second-order valence-corrected chi connectivity index (χ2v) is 10.1. The van der Waals surface area contributed by atoms with E-state index in [4.69, 9.17) is 0 Å². The van der Waals surface area contributed by atoms with Crippen LogP contribution in [0.1, 0.15) is 30.1 Å². The van der Waals surface area contributed by atoms with Gasteiger partial charge in [-0.05, 0) is 54.1 Å². The summed E-state index contributed by atoms with van der Waals surface area (Å²) in [5, 5.41) is 6.28. The highest BCUT2D eigenvalue weighted by Crippen LogP contribution is 2.42. The summed E-state index contributed by atoms with van der Waals surface area (Å²) < 4.78 is 29.4. The van der Waals surface area contributed by atoms with Crippen LogP contribution in [0.4, 0.5) is 0 Å². The van der Waals surface area contributed by atoms with Crippen molar-refractivity contribution < 1.29 is 8.42 Å². The SMILES string of the molecule is Cn1c2c(c3cc(S(=O)(=O)c4cccc5ccncc45)ccc31)C1CCC(C2)N1. The van der Waals surface area contributed by atoms with Crippen LogP contribution in [-0.2, 0) is 23.3 Å². The Morgan fingerprint density at radius 1 is 1.10 bits per heavy atom. The predicted octanol–water partition coefficient (Wildman–Crippen LogP) is 3.91. The van der Waals surface area contributed by atoms with Crippen LogP contribution in [0, 0.1) is 0 Å². The van der Waals surface area contributed by atoms with Crippen molar-refractivity contribution in [2.45, 2.75) is 41.1 Å². The van der Waals surface area contributed by atoms with Gasteiger partial charge in [-0.1, -0.05) is 12.1 Å². The second-order valence-electron chi connectivity index (χ2n) is 8.15. The maximum absolute atomic E-state index is 13.6. The van der Waals surface area contributed by atoms with Crippen LogP contribution in [-0.4, -0.2) is 24.0 Å². The van der Waals surface area contributed by atoms with E-state index < -0.39 is 9.84 Å². The normalized spacial score (nSPS) is 21.0. The van der Waals surface area contributed by atoms with Crippen LogP contribution in [0.15, 0.2) is 64.6 Å². The maximum atomic E-state index is 13.6. The zero-order valence-electron chi connectivity index (χ0n) is 16.1. The van der Waals surface area contributed by atoms with E-state index in [1.807, 2.05) is 24.3 Å². The fourth-order valence-electron chi connectivity index (χ4n) is 5.20. The number of nitrogens with zero attached hydrogens (tertiary/aromatic N) is 2. The Balaban J connectivity index is 1.58. The zero-order chi connectivity index (χ0) is 19.8. The third-order valence-corrected chi connectivity index (χ3v) is 8.42. The van der Waals surface area contributed by atoms with E-state index in [9.17, 15) is 8.42 Å². The molecule has 5 nitrogen and oxygen atoms in total. The summed E-state index contributed by atoms with van der Waals surface area (Å²) in [4.78, 5) is 4.80. The number of rotatable bonds is 2. The Morgan fingerprint density at radius 2 is 2.00 bits per heavy atom. The quantitative estimate of drug-likeness (QED) is 0.551. The monoisotopic (exact) mass is 403 g/mol. The Hall–Kier alpha value is -2.70. The molecule has 0 spiro atoms. The third-order valence-electron chi connectivity index (χ3n) is 6.61. The number of pyridine rings is 1. The summed E-state index contributed by atoms with van der Waals surface area (Å²) in [5.41, 5.74) is 3.73. The van der Waals surface area contributed by atoms with E-state index in [0.717, 1.165) is 29.1 Å². The first kappa shape index (κ1) is 17.2. The fraction of sp³-hybridized carbons (Fsp3) is 0.261. The van der Waals surface area contributed by atoms with Gasteiger partial charge in [0, 0.05) is 59.9 Å². The minimum atomic E-state index is -3.66. The molecule has 2 bridgehead atoms. The molecule has 2 atom stereocenters. The van der Waals surface area contributed by atoms with E-state index in [2.05, 4.69) is 21.9 Å². The number of fused-ring (bicyclic) bond motifs is 7. The molecule has 2 aliphatic heterocycles. The minimum Gasteiger partial charge on any atom is -0.347 e. The molecule has 2 unspecified atom stereocenters. The molecular formula is C23H21N3O2S. The lowest BCUT2D eigenvalue weighted by atomic mass is 9.99. The summed E-state index contributed by atoms with van der Waals surface area (Å²) in [7, 11) is -1.56. The topological polar surface area (TPSA) is 64.0 Å². The lowest BCUT2D eigenvalue weighted by Gasteiger charge is -2.23. The Labute approximate surface area is 169 Å². The Morgan fingerprint density at radius 3 is 2.90 bits per heavy atom. The molecule has 0 amide bonds. The standard InChI is InChI=1S/C23H21N3O2S/c1-26-20-8-6-16(12-17(20)23-19-7-5-15(25-19)11-21(23)26)29(27,28)22-4-2-3-14-9-10-24-13-18(14)22/h2-4,6,8-10,12-13,15,19,25H,5,7,11H2,1H3. The van der Waals surface area contributed by atoms with Crippen molar-refractivity contribution in [3.63, 3.8) is 0 Å². The largest absolute Gasteiger partial charge is 0.347 e. The number of hydrogen-bond acceptors (Lipinski definition) is 4. The van der Waals surface area contributed by atoms with Gasteiger partial charge in [0.05, 0.1) is 9.79 Å². The van der Waals surface area contributed by atoms with Crippen LogP contribution in [0.5, 0.6) is 0 Å². The maximum Gasteiger partial charge on any atom is 0.207 e. The predicted molar refractivity (Wildman–Crippen MR) is 113 cm³/mol. The van der Waals surface area contributed by atoms with Crippen LogP contribution in [0.25, 0.3) is 21.7 Å². The van der Waals surface area contributed by atoms with Crippen LogP contribution in [0.2, 0.25) is 0 Å². The molecule has 6 heteroatoms. The van der Waals surface area contributed by atoms with Gasteiger partial charge < -0.3 is 9.88 Å². The van der Waals surface area contributed by atoms with Gasteiger partial charge in [0.15, 0.2) is 0 Å². The molecule has 4 aromatic rings. The van der Waals surface area contributed by atoms with Crippen molar-refractivity contribution in [3.05, 3.63) is 66.1 Å². The molecule has 2 aliphatic rings. The number of aryl methyl sites for hydroxylation is 1. The first-order chi connectivity index (χ1) is 14.0. The van der Waals surface area contributed by atoms with Gasteiger partial charge in [-0.2, -0.15) is 0 Å². The molecule has 0 radical (unpaired) electrons. The molecule has 6 rings (SSSR count). The fourth-order valence-corrected chi connectivity index (χ4v) is 6.69. The molecule has 1 fully saturated rings. The van der Waals surface area contributed by atoms with Gasteiger partial charge >= 0.3 is 0 Å². The highest BCUT2D eigenvalue weighted by molar-refractivity contribution is 7.91. The van der Waals surface area contributed by atoms with Crippen molar-refractivity contribution in [1.82, 2.24) is 14.9 Å². The third kappa shape index (κ3) is 2.36. The van der Waals surface area contributed by atoms with E-state index in [-0.39, 0.29) is 0 Å². The first-order valence-corrected chi connectivity index (χ1v) is 11.5. The van der Waals surface area contributed by atoms with E-state index in [1.54, 1.807) is 30.6 Å². The smallest absolute Gasteiger partial charge is 0.207 e. The number of hydrogen-bond donors (Lipinski definition) is 1. The number of nitrogens with one attached hydrogen (secondary N) is 1. The van der Waals surface area contributed by atoms with Crippen molar-refractivity contribution in [3.8, 4) is 0 Å². The van der Waals surface area contributed by atoms with Gasteiger partial charge in [-0.15, -0.1) is 0 Å². The molecule has 2 aromatic heterocycles. The average molecular weight is 404 g/mol. The van der Waals surface area contributed by atoms with Crippen molar-refractivity contribution in [2.75, 3.05) is 0 Å². The van der Waals surface area contributed by atoms with Gasteiger partial charge in [0.25, 0.3) is 0 Å². The first-order valence-electron chi connectivity index (χ1n) is 9.99. The number of aromatic nitrogens is 2. The summed E-state index contributed by atoms with van der Waals surface area (Å²) in [6.07, 6.45) is 6.62. The summed E-state index contributed by atoms with van der Waals surface area (Å²) in [5.74, 6) is 0.